The SMILES string of the molecule is COc1ccc(C[C@@H]2c3cc(OC)c(OC)cc3CC[N@+]2(C)CCC(=O)C(=O)CCCCCC(=O)C(=O)CC[N@@+]2(C)CCc3cc(OC)c(OC)cc3[C@H]2Cc2ccc(OC)c(OC)c2)cc1OC. The Kier molecular flexibility index (Phi) is 17.8. The summed E-state index contributed by atoms with van der Waals surface area (Å²) in [6, 6.07) is 19.9. The summed E-state index contributed by atoms with van der Waals surface area (Å²) in [6.07, 6.45) is 4.81. The van der Waals surface area contributed by atoms with Gasteiger partial charge in [-0.1, -0.05) is 18.6 Å². The van der Waals surface area contributed by atoms with Gasteiger partial charge in [0.05, 0.1) is 110 Å². The maximum Gasteiger partial charge on any atom is 0.203 e. The van der Waals surface area contributed by atoms with E-state index in [1.54, 1.807) is 56.9 Å². The van der Waals surface area contributed by atoms with Crippen LogP contribution >= 0.6 is 0 Å². The molecule has 0 amide bonds. The number of likely N-dealkylation sites (N-methyl/N-ethyl adjacent to an activating group) is 2. The van der Waals surface area contributed by atoms with E-state index in [0.717, 1.165) is 48.2 Å². The summed E-state index contributed by atoms with van der Waals surface area (Å²) in [6.45, 7) is 2.51. The standard InChI is InChI=1S/C55H72N2O12/c1-56(24-20-38-32-52(66-7)54(68-9)34-40(38)42(56)28-36-16-18-48(62-3)50(30-36)64-5)26-22-46(60)44(58)14-12-11-13-15-45(59)47(61)23-27-57(2)25-21-39-33-53(67-8)55(69-10)35-41(39)43(57)29-37-17-19-49(63-4)51(31-37)65-6/h16-19,30-35,42-43H,11-15,20-29H2,1-10H3/q+2/t42-,43-,56-,57-/m1/s1. The van der Waals surface area contributed by atoms with Crippen LogP contribution in [0.25, 0.3) is 0 Å². The van der Waals surface area contributed by atoms with Gasteiger partial charge in [-0.3, -0.25) is 19.2 Å². The lowest BCUT2D eigenvalue weighted by molar-refractivity contribution is -0.940. The highest BCUT2D eigenvalue weighted by Gasteiger charge is 2.42. The molecule has 69 heavy (non-hydrogen) atoms. The van der Waals surface area contributed by atoms with E-state index in [9.17, 15) is 19.2 Å². The van der Waals surface area contributed by atoms with Crippen LogP contribution in [0.3, 0.4) is 0 Å². The first-order valence-electron chi connectivity index (χ1n) is 23.9. The van der Waals surface area contributed by atoms with Gasteiger partial charge in [0.1, 0.15) is 12.1 Å². The number of nitrogens with zero attached hydrogens (tertiary/aromatic N) is 2. The number of quaternary nitrogens is 2. The molecule has 0 unspecified atom stereocenters. The number of Topliss-reactive ketones (excluding diaryl/α,β-unsaturated/α-hetero) is 4. The van der Waals surface area contributed by atoms with Crippen LogP contribution in [0.15, 0.2) is 60.7 Å². The fraction of sp³-hybridized carbons (Fsp3) is 0.491. The van der Waals surface area contributed by atoms with Gasteiger partial charge in [-0.2, -0.15) is 0 Å². The van der Waals surface area contributed by atoms with Crippen molar-refractivity contribution in [3.63, 3.8) is 0 Å². The Morgan fingerprint density at radius 1 is 0.420 bits per heavy atom. The van der Waals surface area contributed by atoms with Crippen molar-refractivity contribution in [1.29, 1.82) is 0 Å². The molecule has 372 valence electrons. The molecule has 0 spiro atoms. The molecule has 0 aromatic heterocycles. The molecule has 14 heteroatoms. The quantitative estimate of drug-likeness (QED) is 0.0342. The van der Waals surface area contributed by atoms with Crippen LogP contribution in [0.5, 0.6) is 46.0 Å². The van der Waals surface area contributed by atoms with Crippen LogP contribution in [0.4, 0.5) is 0 Å². The molecule has 4 aromatic carbocycles. The van der Waals surface area contributed by atoms with Gasteiger partial charge in [-0.15, -0.1) is 0 Å². The molecule has 0 N–H and O–H groups in total. The third-order valence-electron chi connectivity index (χ3n) is 14.7. The topological polar surface area (TPSA) is 142 Å². The van der Waals surface area contributed by atoms with Crippen molar-refractivity contribution in [2.75, 3.05) is 97.2 Å². The van der Waals surface area contributed by atoms with E-state index >= 15 is 0 Å². The number of ketones is 4. The summed E-state index contributed by atoms with van der Waals surface area (Å²) in [7, 11) is 17.3. The maximum absolute atomic E-state index is 13.4. The van der Waals surface area contributed by atoms with E-state index in [0.29, 0.717) is 100 Å². The van der Waals surface area contributed by atoms with Gasteiger partial charge >= 0.3 is 0 Å². The number of carbonyl (C=O) groups excluding carboxylic acids is 4. The number of ether oxygens (including phenoxy) is 8. The molecule has 0 saturated carbocycles. The van der Waals surface area contributed by atoms with E-state index in [2.05, 4.69) is 14.1 Å². The van der Waals surface area contributed by atoms with E-state index in [1.165, 1.54) is 11.1 Å². The second-order valence-electron chi connectivity index (χ2n) is 18.7. The predicted octanol–water partition coefficient (Wildman–Crippen LogP) is 8.04. The number of hydrogen-bond donors (Lipinski definition) is 0. The number of carbonyl (C=O) groups is 4. The first kappa shape index (κ1) is 52.3. The Morgan fingerprint density at radius 2 is 0.739 bits per heavy atom. The number of hydrogen-bond acceptors (Lipinski definition) is 12. The van der Waals surface area contributed by atoms with Crippen molar-refractivity contribution in [1.82, 2.24) is 0 Å². The third-order valence-corrected chi connectivity index (χ3v) is 14.7. The number of rotatable bonds is 26. The van der Waals surface area contributed by atoms with Crippen molar-refractivity contribution >= 4 is 23.1 Å². The van der Waals surface area contributed by atoms with Gasteiger partial charge in [-0.05, 0) is 83.6 Å². The normalized spacial score (nSPS) is 19.3. The Balaban J connectivity index is 1.02. The van der Waals surface area contributed by atoms with Crippen LogP contribution in [-0.4, -0.2) is 129 Å². The molecule has 0 aliphatic carbocycles. The van der Waals surface area contributed by atoms with E-state index in [1.807, 2.05) is 60.7 Å². The van der Waals surface area contributed by atoms with E-state index in [4.69, 9.17) is 37.9 Å². The lowest BCUT2D eigenvalue weighted by Crippen LogP contribution is -2.53. The summed E-state index contributed by atoms with van der Waals surface area (Å²) < 4.78 is 46.0. The Labute approximate surface area is 407 Å². The van der Waals surface area contributed by atoms with Crippen LogP contribution in [-0.2, 0) is 44.9 Å². The van der Waals surface area contributed by atoms with Gasteiger partial charge < -0.3 is 46.9 Å². The first-order chi connectivity index (χ1) is 33.2. The Morgan fingerprint density at radius 3 is 1.09 bits per heavy atom. The molecule has 2 aliphatic heterocycles. The molecule has 2 aliphatic rings. The Hall–Kier alpha value is -6.12. The second-order valence-corrected chi connectivity index (χ2v) is 18.7. The van der Waals surface area contributed by atoms with Gasteiger partial charge in [0.25, 0.3) is 0 Å². The van der Waals surface area contributed by atoms with Crippen LogP contribution in [0.2, 0.25) is 0 Å². The molecule has 2 heterocycles. The highest BCUT2D eigenvalue weighted by Crippen LogP contribution is 2.45. The van der Waals surface area contributed by atoms with Crippen LogP contribution in [0.1, 0.15) is 90.4 Å². The zero-order valence-corrected chi connectivity index (χ0v) is 42.3. The molecule has 0 bridgehead atoms. The van der Waals surface area contributed by atoms with Gasteiger partial charge in [0.15, 0.2) is 57.6 Å². The van der Waals surface area contributed by atoms with Crippen LogP contribution in [0, 0.1) is 0 Å². The molecule has 0 fully saturated rings. The van der Waals surface area contributed by atoms with Gasteiger partial charge in [0.2, 0.25) is 11.6 Å². The summed E-state index contributed by atoms with van der Waals surface area (Å²) >= 11 is 0. The lowest BCUT2D eigenvalue weighted by Gasteiger charge is -2.46. The molecular weight excluding hydrogens is 881 g/mol. The monoisotopic (exact) mass is 953 g/mol. The summed E-state index contributed by atoms with van der Waals surface area (Å²) in [5.41, 5.74) is 6.67. The molecule has 6 rings (SSSR count). The highest BCUT2D eigenvalue weighted by molar-refractivity contribution is 6.37. The molecule has 0 saturated heterocycles. The minimum atomic E-state index is -0.400. The molecule has 0 radical (unpaired) electrons. The fourth-order valence-electron chi connectivity index (χ4n) is 10.3. The van der Waals surface area contributed by atoms with Crippen molar-refractivity contribution in [2.24, 2.45) is 0 Å². The number of methoxy groups -OCH3 is 8. The van der Waals surface area contributed by atoms with Crippen molar-refractivity contribution < 1.29 is 66.0 Å². The molecule has 4 atom stereocenters. The minimum absolute atomic E-state index is 0.0462. The Bertz CT molecular complexity index is 2320. The van der Waals surface area contributed by atoms with Gasteiger partial charge in [-0.25, -0.2) is 0 Å². The third kappa shape index (κ3) is 12.0. The average molecular weight is 953 g/mol. The predicted molar refractivity (Wildman–Crippen MR) is 263 cm³/mol. The number of benzene rings is 4. The van der Waals surface area contributed by atoms with E-state index < -0.39 is 11.6 Å². The minimum Gasteiger partial charge on any atom is -0.493 e. The molecule has 4 aromatic rings. The zero-order valence-electron chi connectivity index (χ0n) is 42.3. The van der Waals surface area contributed by atoms with Crippen LogP contribution < -0.4 is 37.9 Å². The maximum atomic E-state index is 13.4. The van der Waals surface area contributed by atoms with E-state index in [-0.39, 0.29) is 49.3 Å². The highest BCUT2D eigenvalue weighted by atomic mass is 16.5. The smallest absolute Gasteiger partial charge is 0.203 e. The van der Waals surface area contributed by atoms with Gasteiger partial charge in [0, 0.05) is 49.7 Å². The van der Waals surface area contributed by atoms with Crippen molar-refractivity contribution in [3.05, 3.63) is 94.0 Å². The van der Waals surface area contributed by atoms with Crippen molar-refractivity contribution in [3.8, 4) is 46.0 Å². The summed E-state index contributed by atoms with van der Waals surface area (Å²) in [4.78, 5) is 53.3. The fourth-order valence-corrected chi connectivity index (χ4v) is 10.3. The number of fused-ring (bicyclic) bond motifs is 2. The second kappa shape index (κ2) is 23.5. The van der Waals surface area contributed by atoms with Crippen molar-refractivity contribution in [2.45, 2.75) is 82.7 Å². The summed E-state index contributed by atoms with van der Waals surface area (Å²) in [5.74, 6) is 3.62. The molecule has 14 nitrogen and oxygen atoms in total. The zero-order chi connectivity index (χ0) is 49.9. The lowest BCUT2D eigenvalue weighted by atomic mass is 9.85. The largest absolute Gasteiger partial charge is 0.493 e. The number of unbranched alkanes of at least 4 members (excludes halogenated alkanes) is 2. The summed E-state index contributed by atoms with van der Waals surface area (Å²) in [5, 5.41) is 0. The first-order valence-corrected chi connectivity index (χ1v) is 23.9. The molecular formula is C55H72N2O12+2. The average Bonchev–Trinajstić information content (AvgIpc) is 3.37.